The van der Waals surface area contributed by atoms with E-state index in [2.05, 4.69) is 137 Å². The summed E-state index contributed by atoms with van der Waals surface area (Å²) in [7, 11) is 0. The Kier molecular flexibility index (Phi) is 17.1. The van der Waals surface area contributed by atoms with Crippen molar-refractivity contribution in [1.82, 2.24) is 0 Å². The molecule has 3 heteroatoms. The number of benzene rings is 4. The Morgan fingerprint density at radius 3 is 1.20 bits per heavy atom. The fourth-order valence-electron chi connectivity index (χ4n) is 7.85. The van der Waals surface area contributed by atoms with Gasteiger partial charge in [0.25, 0.3) is 0 Å². The third-order valence-corrected chi connectivity index (χ3v) is 10.5. The summed E-state index contributed by atoms with van der Waals surface area (Å²) in [6, 6.07) is 41.3. The Morgan fingerprint density at radius 1 is 0.540 bits per heavy atom. The van der Waals surface area contributed by atoms with E-state index in [9.17, 15) is 0 Å². The summed E-state index contributed by atoms with van der Waals surface area (Å²) in [5, 5.41) is 5.65. The van der Waals surface area contributed by atoms with Crippen LogP contribution in [0.2, 0.25) is 0 Å². The minimum absolute atomic E-state index is 0. The molecule has 0 bridgehead atoms. The predicted molar refractivity (Wildman–Crippen MR) is 206 cm³/mol. The number of aryl methyl sites for hydroxylation is 2. The van der Waals surface area contributed by atoms with Gasteiger partial charge in [0, 0.05) is 0 Å². The van der Waals surface area contributed by atoms with Gasteiger partial charge in [-0.15, -0.1) is 69.1 Å². The molecule has 8 rings (SSSR count). The van der Waals surface area contributed by atoms with Gasteiger partial charge in [0.05, 0.1) is 0 Å². The molecule has 2 aliphatic rings. The molecule has 0 spiro atoms. The zero-order valence-corrected chi connectivity index (χ0v) is 33.1. The van der Waals surface area contributed by atoms with Crippen LogP contribution < -0.4 is 24.8 Å². The minimum atomic E-state index is 0. The standard InChI is InChI=1S/2C22H23.C3H6.2ClH.Ti/c2*1-2-16-10-12-18(13-11-16)21-9-5-8-19-14-20(15-22(19)21)17-6-3-4-7-17;1-3-2;;;/h2*5,8-15,17H,2-4,6-7H2,1H3;1-3H2;2*1H;/q2*-1;-2;;;+2/p-2. The summed E-state index contributed by atoms with van der Waals surface area (Å²) < 4.78 is 0. The maximum Gasteiger partial charge on any atom is 2.00 e. The second kappa shape index (κ2) is 20.4. The van der Waals surface area contributed by atoms with E-state index in [0.29, 0.717) is 0 Å². The van der Waals surface area contributed by atoms with Crippen LogP contribution in [-0.4, -0.2) is 0 Å². The average molecular weight is 736 g/mol. The van der Waals surface area contributed by atoms with Gasteiger partial charge in [-0.2, -0.15) is 12.1 Å². The molecule has 50 heavy (non-hydrogen) atoms. The zero-order valence-electron chi connectivity index (χ0n) is 30.0. The molecule has 0 aliphatic heterocycles. The third-order valence-electron chi connectivity index (χ3n) is 10.5. The van der Waals surface area contributed by atoms with Crippen molar-refractivity contribution in [2.75, 3.05) is 0 Å². The number of hydrogen-bond donors (Lipinski definition) is 0. The smallest absolute Gasteiger partial charge is 1.00 e. The van der Waals surface area contributed by atoms with Gasteiger partial charge in [0.1, 0.15) is 0 Å². The van der Waals surface area contributed by atoms with E-state index in [1.165, 1.54) is 106 Å². The normalized spacial score (nSPS) is 14.2. The van der Waals surface area contributed by atoms with Crippen molar-refractivity contribution in [2.45, 2.75) is 96.3 Å². The van der Waals surface area contributed by atoms with Gasteiger partial charge >= 0.3 is 21.7 Å². The molecular weight excluding hydrogens is 683 g/mol. The topological polar surface area (TPSA) is 0 Å². The molecule has 0 heterocycles. The van der Waals surface area contributed by atoms with Crippen molar-refractivity contribution in [3.63, 3.8) is 0 Å². The molecule has 2 saturated carbocycles. The van der Waals surface area contributed by atoms with Crippen LogP contribution in [-0.2, 0) is 34.6 Å². The van der Waals surface area contributed by atoms with Crippen LogP contribution >= 0.6 is 0 Å². The molecule has 0 nitrogen and oxygen atoms in total. The van der Waals surface area contributed by atoms with Gasteiger partial charge in [-0.1, -0.05) is 111 Å². The Balaban J connectivity index is 0.000000238. The van der Waals surface area contributed by atoms with Crippen molar-refractivity contribution in [1.29, 1.82) is 0 Å². The molecule has 0 atom stereocenters. The SMILES string of the molecule is CCc1ccc(-c2cccc3[cH-]c(C4CCCC4)cc23)cc1.CCc1ccc(-c2cccc3[cH-]c(C4CCCC4)cc23)cc1.[CH2-]C[CH2-].[Cl-].[Cl-].[Ti+2]. The summed E-state index contributed by atoms with van der Waals surface area (Å²) >= 11 is 0. The first-order valence-corrected chi connectivity index (χ1v) is 18.3. The number of halogens is 2. The van der Waals surface area contributed by atoms with Crippen LogP contribution in [0.25, 0.3) is 43.8 Å². The quantitative estimate of drug-likeness (QED) is 0.121. The van der Waals surface area contributed by atoms with E-state index in [1.54, 1.807) is 11.1 Å². The number of hydrogen-bond acceptors (Lipinski definition) is 0. The van der Waals surface area contributed by atoms with Crippen LogP contribution in [0, 0.1) is 13.8 Å². The Bertz CT molecular complexity index is 1710. The van der Waals surface area contributed by atoms with Crippen molar-refractivity contribution >= 4 is 21.5 Å². The number of rotatable bonds is 6. The Hall–Kier alpha value is -2.61. The summed E-state index contributed by atoms with van der Waals surface area (Å²) in [6.07, 6.45) is 14.0. The molecule has 0 amide bonds. The fraction of sp³-hybridized carbons (Fsp3) is 0.319. The van der Waals surface area contributed by atoms with Crippen LogP contribution in [0.15, 0.2) is 109 Å². The van der Waals surface area contributed by atoms with E-state index in [0.717, 1.165) is 31.1 Å². The van der Waals surface area contributed by atoms with Gasteiger partial charge in [-0.3, -0.25) is 0 Å². The summed E-state index contributed by atoms with van der Waals surface area (Å²) in [6.45, 7) is 11.2. The van der Waals surface area contributed by atoms with Crippen molar-refractivity contribution in [3.8, 4) is 22.3 Å². The van der Waals surface area contributed by atoms with Crippen molar-refractivity contribution in [3.05, 3.63) is 145 Å². The second-order valence-electron chi connectivity index (χ2n) is 13.6. The molecule has 0 aromatic heterocycles. The predicted octanol–water partition coefficient (Wildman–Crippen LogP) is 7.94. The monoisotopic (exact) mass is 734 g/mol. The average Bonchev–Trinajstić information content (AvgIpc) is 3.95. The minimum Gasteiger partial charge on any atom is -1.00 e. The van der Waals surface area contributed by atoms with E-state index >= 15 is 0 Å². The molecule has 0 radical (unpaired) electrons. The zero-order chi connectivity index (χ0) is 32.6. The van der Waals surface area contributed by atoms with Gasteiger partial charge in [-0.25, -0.2) is 0 Å². The molecule has 0 unspecified atom stereocenters. The van der Waals surface area contributed by atoms with E-state index in [1.807, 2.05) is 0 Å². The first kappa shape index (κ1) is 41.8. The van der Waals surface area contributed by atoms with Crippen LogP contribution in [0.5, 0.6) is 0 Å². The maximum absolute atomic E-state index is 3.38. The second-order valence-corrected chi connectivity index (χ2v) is 13.6. The van der Waals surface area contributed by atoms with E-state index < -0.39 is 0 Å². The first-order chi connectivity index (χ1) is 23.1. The molecule has 0 N–H and O–H groups in total. The van der Waals surface area contributed by atoms with Crippen molar-refractivity contribution < 1.29 is 46.5 Å². The summed E-state index contributed by atoms with van der Waals surface area (Å²) in [4.78, 5) is 0. The molecule has 262 valence electrons. The third kappa shape index (κ3) is 9.83. The largest absolute Gasteiger partial charge is 2.00 e. The van der Waals surface area contributed by atoms with Gasteiger partial charge in [0.15, 0.2) is 0 Å². The van der Waals surface area contributed by atoms with Gasteiger partial charge in [-0.05, 0) is 72.6 Å². The molecule has 0 saturated heterocycles. The van der Waals surface area contributed by atoms with E-state index in [4.69, 9.17) is 0 Å². The van der Waals surface area contributed by atoms with Crippen LogP contribution in [0.4, 0.5) is 0 Å². The molecule has 2 fully saturated rings. The molecule has 6 aromatic carbocycles. The van der Waals surface area contributed by atoms with Crippen LogP contribution in [0.3, 0.4) is 0 Å². The van der Waals surface area contributed by atoms with Crippen molar-refractivity contribution in [2.24, 2.45) is 0 Å². The first-order valence-electron chi connectivity index (χ1n) is 18.3. The fourth-order valence-corrected chi connectivity index (χ4v) is 7.85. The molecular formula is C47H52Cl2Ti-4. The molecule has 2 aliphatic carbocycles. The van der Waals surface area contributed by atoms with E-state index in [-0.39, 0.29) is 46.5 Å². The summed E-state index contributed by atoms with van der Waals surface area (Å²) in [5.74, 6) is 1.59. The Labute approximate surface area is 329 Å². The molecule has 6 aromatic rings. The maximum atomic E-state index is 3.38. The van der Waals surface area contributed by atoms with Gasteiger partial charge < -0.3 is 45.1 Å². The summed E-state index contributed by atoms with van der Waals surface area (Å²) in [5.41, 5.74) is 11.4. The van der Waals surface area contributed by atoms with Crippen LogP contribution in [0.1, 0.15) is 106 Å². The number of fused-ring (bicyclic) bond motifs is 2. The Morgan fingerprint density at radius 2 is 0.880 bits per heavy atom. The van der Waals surface area contributed by atoms with Gasteiger partial charge in [0.2, 0.25) is 0 Å².